The molecule has 0 amide bonds. The highest BCUT2D eigenvalue weighted by molar-refractivity contribution is 5.82. The van der Waals surface area contributed by atoms with Crippen LogP contribution in [0.4, 0.5) is 0 Å². The van der Waals surface area contributed by atoms with Crippen LogP contribution in [0.5, 0.6) is 46.0 Å². The molecule has 0 spiro atoms. The van der Waals surface area contributed by atoms with Gasteiger partial charge >= 0.3 is 0 Å². The predicted octanol–water partition coefficient (Wildman–Crippen LogP) is 24.7. The number of hydrogen-bond donors (Lipinski definition) is 0. The Kier molecular flexibility index (Phi) is 27.8. The third-order valence-corrected chi connectivity index (χ3v) is 21.1. The van der Waals surface area contributed by atoms with E-state index in [-0.39, 0.29) is 50.8 Å². The number of hydrogen-bond acceptors (Lipinski definition) is 9. The van der Waals surface area contributed by atoms with Gasteiger partial charge in [-0.2, -0.15) is 5.26 Å². The van der Waals surface area contributed by atoms with Crippen molar-refractivity contribution in [2.24, 2.45) is 0 Å². The first-order chi connectivity index (χ1) is 45.5. The first-order valence-electron chi connectivity index (χ1n) is 37.8. The van der Waals surface area contributed by atoms with E-state index < -0.39 is 0 Å². The largest absolute Gasteiger partial charge is 0.457 e. The second-order valence-corrected chi connectivity index (χ2v) is 27.9. The summed E-state index contributed by atoms with van der Waals surface area (Å²) in [4.78, 5) is 0. The van der Waals surface area contributed by atoms with E-state index in [2.05, 4.69) is 88.4 Å². The van der Waals surface area contributed by atoms with Crippen molar-refractivity contribution < 1.29 is 37.9 Å². The van der Waals surface area contributed by atoms with Gasteiger partial charge in [0, 0.05) is 86.4 Å². The number of rotatable bonds is 41. The highest BCUT2D eigenvalue weighted by Crippen LogP contribution is 2.58. The Morgan fingerprint density at radius 3 is 0.772 bits per heavy atom. The molecular formula is C83H115NO8. The Morgan fingerprint density at radius 2 is 0.511 bits per heavy atom. The first kappa shape index (κ1) is 68.8. The molecule has 10 rings (SSSR count). The number of nitriles is 1. The summed E-state index contributed by atoms with van der Waals surface area (Å²) in [5.41, 5.74) is 11.9. The Balaban J connectivity index is 1.17. The number of benzene rings is 5. The summed E-state index contributed by atoms with van der Waals surface area (Å²) in [5.74, 6) is 6.18. The van der Waals surface area contributed by atoms with Crippen LogP contribution in [0.25, 0.3) is 11.1 Å². The molecule has 0 fully saturated rings. The molecule has 9 nitrogen and oxygen atoms in total. The first-order valence-corrected chi connectivity index (χ1v) is 37.8. The average molecular weight is 1250 g/mol. The second kappa shape index (κ2) is 37.2. The zero-order valence-corrected chi connectivity index (χ0v) is 57.5. The van der Waals surface area contributed by atoms with Crippen LogP contribution in [0.2, 0.25) is 0 Å². The van der Waals surface area contributed by atoms with Crippen molar-refractivity contribution in [2.45, 2.75) is 308 Å². The summed E-state index contributed by atoms with van der Waals surface area (Å²) in [5, 5.41) is 10.2. The quantitative estimate of drug-likeness (QED) is 0.0354. The monoisotopic (exact) mass is 1250 g/mol. The van der Waals surface area contributed by atoms with Crippen LogP contribution < -0.4 is 37.9 Å². The molecule has 9 heteroatoms. The van der Waals surface area contributed by atoms with Gasteiger partial charge in [-0.05, 0) is 67.6 Å². The molecule has 0 aromatic heterocycles. The maximum atomic E-state index is 10.2. The van der Waals surface area contributed by atoms with Gasteiger partial charge in [-0.15, -0.1) is 0 Å². The number of ether oxygens (including phenoxy) is 8. The molecule has 92 heavy (non-hydrogen) atoms. The maximum Gasteiger partial charge on any atom is 0.230 e. The summed E-state index contributed by atoms with van der Waals surface area (Å²) in [6.07, 6.45) is 48.9. The van der Waals surface area contributed by atoms with Crippen LogP contribution in [0.3, 0.4) is 0 Å². The molecule has 5 aromatic rings. The van der Waals surface area contributed by atoms with Crippen LogP contribution in [-0.4, -0.2) is 27.2 Å². The van der Waals surface area contributed by atoms with Crippen molar-refractivity contribution in [3.8, 4) is 63.2 Å². The lowest BCUT2D eigenvalue weighted by molar-refractivity contribution is 0.0990. The van der Waals surface area contributed by atoms with E-state index in [1.54, 1.807) is 0 Å². The average Bonchev–Trinajstić information content (AvgIpc) is 0.737. The van der Waals surface area contributed by atoms with Crippen molar-refractivity contribution in [3.05, 3.63) is 117 Å². The van der Waals surface area contributed by atoms with Crippen LogP contribution in [0.1, 0.15) is 358 Å². The number of nitrogens with zero attached hydrogens (tertiary/aromatic N) is 1. The molecule has 1 aliphatic carbocycles. The molecule has 500 valence electrons. The lowest BCUT2D eigenvalue weighted by Gasteiger charge is -2.36. The smallest absolute Gasteiger partial charge is 0.230 e. The van der Waals surface area contributed by atoms with Gasteiger partial charge in [0.1, 0.15) is 46.0 Å². The minimum absolute atomic E-state index is 0.00730. The van der Waals surface area contributed by atoms with Crippen molar-refractivity contribution in [3.63, 3.8) is 0 Å². The van der Waals surface area contributed by atoms with Gasteiger partial charge < -0.3 is 37.9 Å². The maximum absolute atomic E-state index is 10.2. The molecule has 4 aliphatic heterocycles. The van der Waals surface area contributed by atoms with E-state index in [9.17, 15) is 5.26 Å². The van der Waals surface area contributed by atoms with E-state index in [1.807, 2.05) is 12.1 Å². The van der Waals surface area contributed by atoms with Gasteiger partial charge in [-0.3, -0.25) is 0 Å². The van der Waals surface area contributed by atoms with Crippen molar-refractivity contribution in [2.75, 3.05) is 27.2 Å². The zero-order valence-electron chi connectivity index (χ0n) is 57.5. The normalized spacial score (nSPS) is 17.2. The molecular weight excluding hydrogens is 1140 g/mol. The Morgan fingerprint density at radius 1 is 0.283 bits per heavy atom. The van der Waals surface area contributed by atoms with E-state index in [1.165, 1.54) is 226 Å². The van der Waals surface area contributed by atoms with Gasteiger partial charge in [0.25, 0.3) is 0 Å². The summed E-state index contributed by atoms with van der Waals surface area (Å²) in [6.45, 7) is 9.31. The molecule has 5 aliphatic rings. The van der Waals surface area contributed by atoms with Crippen LogP contribution >= 0.6 is 0 Å². The lowest BCUT2D eigenvalue weighted by atomic mass is 9.75. The molecule has 8 bridgehead atoms. The van der Waals surface area contributed by atoms with Gasteiger partial charge in [-0.25, -0.2) is 0 Å². The summed E-state index contributed by atoms with van der Waals surface area (Å²) in [6, 6.07) is 27.1. The molecule has 0 saturated heterocycles. The SMILES string of the molecule is CCCCCCCCCCCC1c2cc3c4cc2OCOc2cc5c(cc21)C(CCCCCCCCCCC)c1cc2c(c(-c6ccc(C#N)cc6)c1OCO5)OCOc1cc(c(cc1C2CCCCCCCCCCC)C3CCCCCCCCCCC)OCO4. The minimum Gasteiger partial charge on any atom is -0.457 e. The summed E-state index contributed by atoms with van der Waals surface area (Å²) < 4.78 is 55.9. The van der Waals surface area contributed by atoms with Crippen molar-refractivity contribution >= 4 is 0 Å². The molecule has 4 heterocycles. The summed E-state index contributed by atoms with van der Waals surface area (Å²) in [7, 11) is 0. The van der Waals surface area contributed by atoms with Gasteiger partial charge in [0.05, 0.1) is 17.2 Å². The molecule has 5 aromatic carbocycles. The minimum atomic E-state index is -0.0986. The Labute approximate surface area is 555 Å². The fourth-order valence-corrected chi connectivity index (χ4v) is 15.8. The standard InChI is InChI=1S/C83H115NO8/c1-5-9-13-17-21-25-29-33-37-41-63-67-49-68-64(42-38-34-30-26-22-18-14-10-6-2)70-51-72-66(44-40-36-32-28-24-20-16-12-8-4)74-52-73-65(43-39-35-31-27-23-19-15-11-7-3)71-50-69(63)77-54-79(71)89-59-91-82(73)81(62-47-45-61(56-84)46-48-62)83(74)92-60-90-80(72)55-78(70)88-58-86-76(68)53-75(67)85-57-87-77/h45-55,63-66H,5-44,57-60H2,1-4H3. The molecule has 4 unspecified atom stereocenters. The van der Waals surface area contributed by atoms with E-state index in [4.69, 9.17) is 37.9 Å². The van der Waals surface area contributed by atoms with E-state index >= 15 is 0 Å². The van der Waals surface area contributed by atoms with Gasteiger partial charge in [0.15, 0.2) is 0 Å². The third-order valence-electron chi connectivity index (χ3n) is 21.1. The zero-order chi connectivity index (χ0) is 63.5. The molecule has 0 saturated carbocycles. The fourth-order valence-electron chi connectivity index (χ4n) is 15.8. The van der Waals surface area contributed by atoms with E-state index in [0.717, 1.165) is 132 Å². The van der Waals surface area contributed by atoms with Crippen molar-refractivity contribution in [1.29, 1.82) is 5.26 Å². The number of unbranched alkanes of at least 4 members (excludes halogenated alkanes) is 32. The van der Waals surface area contributed by atoms with Gasteiger partial charge in [-0.1, -0.05) is 271 Å². The van der Waals surface area contributed by atoms with Gasteiger partial charge in [0.2, 0.25) is 27.2 Å². The third kappa shape index (κ3) is 18.3. The fraction of sp³-hybridized carbons (Fsp3) is 0.627. The van der Waals surface area contributed by atoms with Crippen LogP contribution in [0, 0.1) is 11.3 Å². The molecule has 4 atom stereocenters. The van der Waals surface area contributed by atoms with Crippen LogP contribution in [-0.2, 0) is 0 Å². The Bertz CT molecular complexity index is 2920. The lowest BCUT2D eigenvalue weighted by Crippen LogP contribution is -2.23. The highest BCUT2D eigenvalue weighted by atomic mass is 16.7. The second-order valence-electron chi connectivity index (χ2n) is 27.9. The molecule has 0 N–H and O–H groups in total. The van der Waals surface area contributed by atoms with Crippen LogP contribution in [0.15, 0.2) is 66.7 Å². The molecule has 0 radical (unpaired) electrons. The predicted molar refractivity (Wildman–Crippen MR) is 375 cm³/mol. The van der Waals surface area contributed by atoms with Crippen molar-refractivity contribution in [1.82, 2.24) is 0 Å². The highest BCUT2D eigenvalue weighted by Gasteiger charge is 2.39. The topological polar surface area (TPSA) is 97.6 Å². The Hall–Kier alpha value is -6.01. The summed E-state index contributed by atoms with van der Waals surface area (Å²) >= 11 is 0. The van der Waals surface area contributed by atoms with E-state index in [0.29, 0.717) is 5.56 Å².